The fourth-order valence-electron chi connectivity index (χ4n) is 1.89. The molecule has 3 nitrogen and oxygen atoms in total. The van der Waals surface area contributed by atoms with Gasteiger partial charge in [0.2, 0.25) is 0 Å². The minimum Gasteiger partial charge on any atom is -0.308 e. The highest BCUT2D eigenvalue weighted by Crippen LogP contribution is 2.13. The normalized spacial score (nSPS) is 12.6. The molecule has 1 aromatic heterocycles. The molecule has 0 bridgehead atoms. The molecular formula is C14H19N3. The number of aryl methyl sites for hydroxylation is 1. The summed E-state index contributed by atoms with van der Waals surface area (Å²) in [4.78, 5) is 0. The molecule has 1 aromatic carbocycles. The second-order valence-corrected chi connectivity index (χ2v) is 4.36. The topological polar surface area (TPSA) is 29.9 Å². The van der Waals surface area contributed by atoms with Crippen LogP contribution in [0.3, 0.4) is 0 Å². The predicted octanol–water partition coefficient (Wildman–Crippen LogP) is 2.54. The molecule has 2 rings (SSSR count). The highest BCUT2D eigenvalue weighted by atomic mass is 15.3. The molecule has 1 heterocycles. The zero-order chi connectivity index (χ0) is 12.1. The maximum absolute atomic E-state index is 4.18. The summed E-state index contributed by atoms with van der Waals surface area (Å²) >= 11 is 0. The third-order valence-electron chi connectivity index (χ3n) is 2.89. The first-order valence-corrected chi connectivity index (χ1v) is 6.03. The summed E-state index contributed by atoms with van der Waals surface area (Å²) < 4.78 is 1.94. The first-order valence-electron chi connectivity index (χ1n) is 6.03. The summed E-state index contributed by atoms with van der Waals surface area (Å²) in [6, 6.07) is 11.0. The summed E-state index contributed by atoms with van der Waals surface area (Å²) in [5.74, 6) is 0. The minimum atomic E-state index is 0.380. The summed E-state index contributed by atoms with van der Waals surface area (Å²) in [6.45, 7) is 6.15. The van der Waals surface area contributed by atoms with Crippen molar-refractivity contribution in [2.24, 2.45) is 0 Å². The van der Waals surface area contributed by atoms with Crippen molar-refractivity contribution in [2.75, 3.05) is 6.54 Å². The number of benzene rings is 1. The largest absolute Gasteiger partial charge is 0.308 e. The summed E-state index contributed by atoms with van der Waals surface area (Å²) in [6.07, 6.45) is 3.79. The van der Waals surface area contributed by atoms with Gasteiger partial charge in [-0.3, -0.25) is 4.68 Å². The van der Waals surface area contributed by atoms with Crippen LogP contribution in [0, 0.1) is 6.92 Å². The Labute approximate surface area is 102 Å². The van der Waals surface area contributed by atoms with E-state index in [-0.39, 0.29) is 0 Å². The van der Waals surface area contributed by atoms with Crippen LogP contribution in [0.2, 0.25) is 0 Å². The first-order chi connectivity index (χ1) is 8.25. The fourth-order valence-corrected chi connectivity index (χ4v) is 1.89. The molecule has 0 saturated carbocycles. The lowest BCUT2D eigenvalue weighted by atomic mass is 10.1. The average molecular weight is 229 g/mol. The number of rotatable bonds is 5. The Hall–Kier alpha value is -1.61. The molecule has 0 spiro atoms. The van der Waals surface area contributed by atoms with E-state index < -0.39 is 0 Å². The molecule has 0 saturated heterocycles. The maximum atomic E-state index is 4.18. The Morgan fingerprint density at radius 1 is 1.35 bits per heavy atom. The Morgan fingerprint density at radius 3 is 2.94 bits per heavy atom. The van der Waals surface area contributed by atoms with E-state index in [1.54, 1.807) is 0 Å². The predicted molar refractivity (Wildman–Crippen MR) is 69.8 cm³/mol. The van der Waals surface area contributed by atoms with Gasteiger partial charge < -0.3 is 5.32 Å². The van der Waals surface area contributed by atoms with Crippen LogP contribution in [0.1, 0.15) is 24.1 Å². The molecule has 3 heteroatoms. The van der Waals surface area contributed by atoms with E-state index in [9.17, 15) is 0 Å². The molecule has 1 atom stereocenters. The molecule has 0 fully saturated rings. The van der Waals surface area contributed by atoms with Crippen molar-refractivity contribution in [3.05, 3.63) is 53.9 Å². The Balaban J connectivity index is 1.83. The van der Waals surface area contributed by atoms with Crippen LogP contribution in [0.15, 0.2) is 42.7 Å². The third-order valence-corrected chi connectivity index (χ3v) is 2.89. The number of hydrogen-bond acceptors (Lipinski definition) is 2. The van der Waals surface area contributed by atoms with Crippen LogP contribution < -0.4 is 5.32 Å². The van der Waals surface area contributed by atoms with E-state index in [0.29, 0.717) is 6.04 Å². The van der Waals surface area contributed by atoms with Crippen molar-refractivity contribution in [3.63, 3.8) is 0 Å². The van der Waals surface area contributed by atoms with Gasteiger partial charge in [0.05, 0.1) is 6.54 Å². The summed E-state index contributed by atoms with van der Waals surface area (Å²) in [5, 5.41) is 7.68. The van der Waals surface area contributed by atoms with Gasteiger partial charge in [-0.25, -0.2) is 0 Å². The van der Waals surface area contributed by atoms with Gasteiger partial charge in [0, 0.05) is 25.0 Å². The minimum absolute atomic E-state index is 0.380. The van der Waals surface area contributed by atoms with E-state index >= 15 is 0 Å². The maximum Gasteiger partial charge on any atom is 0.0534 e. The molecule has 0 aliphatic heterocycles. The fraction of sp³-hybridized carbons (Fsp3) is 0.357. The second kappa shape index (κ2) is 5.64. The SMILES string of the molecule is Cc1cccc([C@@H](C)NCCn2cccn2)c1. The van der Waals surface area contributed by atoms with Crippen molar-refractivity contribution in [1.29, 1.82) is 0 Å². The molecule has 1 N–H and O–H groups in total. The van der Waals surface area contributed by atoms with Gasteiger partial charge in [0.25, 0.3) is 0 Å². The van der Waals surface area contributed by atoms with Crippen LogP contribution in [-0.2, 0) is 6.54 Å². The highest BCUT2D eigenvalue weighted by molar-refractivity contribution is 5.24. The molecule has 2 aromatic rings. The van der Waals surface area contributed by atoms with E-state index in [2.05, 4.69) is 48.5 Å². The van der Waals surface area contributed by atoms with E-state index in [0.717, 1.165) is 13.1 Å². The first kappa shape index (κ1) is 11.9. The number of hydrogen-bond donors (Lipinski definition) is 1. The van der Waals surface area contributed by atoms with Gasteiger partial charge in [-0.15, -0.1) is 0 Å². The van der Waals surface area contributed by atoms with Crippen molar-refractivity contribution >= 4 is 0 Å². The molecule has 0 radical (unpaired) electrons. The van der Waals surface area contributed by atoms with Gasteiger partial charge in [-0.05, 0) is 25.5 Å². The van der Waals surface area contributed by atoms with Crippen LogP contribution in [0.4, 0.5) is 0 Å². The lowest BCUT2D eigenvalue weighted by Gasteiger charge is -2.14. The van der Waals surface area contributed by atoms with Crippen LogP contribution >= 0.6 is 0 Å². The van der Waals surface area contributed by atoms with Gasteiger partial charge in [0.1, 0.15) is 0 Å². The molecule has 0 aliphatic rings. The molecule has 17 heavy (non-hydrogen) atoms. The number of aromatic nitrogens is 2. The lowest BCUT2D eigenvalue weighted by molar-refractivity contribution is 0.507. The van der Waals surface area contributed by atoms with Crippen LogP contribution in [0.25, 0.3) is 0 Å². The molecule has 0 unspecified atom stereocenters. The van der Waals surface area contributed by atoms with Crippen molar-refractivity contribution in [2.45, 2.75) is 26.4 Å². The number of nitrogens with zero attached hydrogens (tertiary/aromatic N) is 2. The monoisotopic (exact) mass is 229 g/mol. The zero-order valence-electron chi connectivity index (χ0n) is 10.4. The highest BCUT2D eigenvalue weighted by Gasteiger charge is 2.03. The quantitative estimate of drug-likeness (QED) is 0.854. The van der Waals surface area contributed by atoms with Gasteiger partial charge in [0.15, 0.2) is 0 Å². The van der Waals surface area contributed by atoms with Crippen molar-refractivity contribution in [1.82, 2.24) is 15.1 Å². The lowest BCUT2D eigenvalue weighted by Crippen LogP contribution is -2.23. The molecule has 0 amide bonds. The van der Waals surface area contributed by atoms with Crippen LogP contribution in [-0.4, -0.2) is 16.3 Å². The van der Waals surface area contributed by atoms with Crippen molar-refractivity contribution < 1.29 is 0 Å². The summed E-state index contributed by atoms with van der Waals surface area (Å²) in [7, 11) is 0. The molecular weight excluding hydrogens is 210 g/mol. The van der Waals surface area contributed by atoms with E-state index in [4.69, 9.17) is 0 Å². The Bertz CT molecular complexity index is 448. The number of nitrogens with one attached hydrogen (secondary N) is 1. The van der Waals surface area contributed by atoms with E-state index in [1.807, 2.05) is 23.1 Å². The van der Waals surface area contributed by atoms with Gasteiger partial charge >= 0.3 is 0 Å². The smallest absolute Gasteiger partial charge is 0.0534 e. The summed E-state index contributed by atoms with van der Waals surface area (Å²) in [5.41, 5.74) is 2.65. The Morgan fingerprint density at radius 2 is 2.24 bits per heavy atom. The zero-order valence-corrected chi connectivity index (χ0v) is 10.4. The van der Waals surface area contributed by atoms with E-state index in [1.165, 1.54) is 11.1 Å². The third kappa shape index (κ3) is 3.43. The van der Waals surface area contributed by atoms with Gasteiger partial charge in [-0.1, -0.05) is 29.8 Å². The van der Waals surface area contributed by atoms with Crippen LogP contribution in [0.5, 0.6) is 0 Å². The molecule has 0 aliphatic carbocycles. The second-order valence-electron chi connectivity index (χ2n) is 4.36. The average Bonchev–Trinajstić information content (AvgIpc) is 2.82. The Kier molecular flexibility index (Phi) is 3.94. The standard InChI is InChI=1S/C14H19N3/c1-12-5-3-6-14(11-12)13(2)15-8-10-17-9-4-7-16-17/h3-7,9,11,13,15H,8,10H2,1-2H3/t13-/m1/s1. The van der Waals surface area contributed by atoms with Crippen molar-refractivity contribution in [3.8, 4) is 0 Å². The molecule has 90 valence electrons. The van der Waals surface area contributed by atoms with Gasteiger partial charge in [-0.2, -0.15) is 5.10 Å².